The average Bonchev–Trinajstić information content (AvgIpc) is 2.75. The lowest BCUT2D eigenvalue weighted by Gasteiger charge is -2.45. The van der Waals surface area contributed by atoms with Crippen LogP contribution >= 0.6 is 0 Å². The molecule has 4 rings (SSSR count). The first-order chi connectivity index (χ1) is 14.2. The zero-order valence-corrected chi connectivity index (χ0v) is 18.6. The minimum Gasteiger partial charge on any atom is -0.207 e. The number of aryl methyl sites for hydroxylation is 2. The largest absolute Gasteiger partial charge is 0.207 e. The summed E-state index contributed by atoms with van der Waals surface area (Å²) in [5.41, 5.74) is 3.50. The van der Waals surface area contributed by atoms with E-state index in [-0.39, 0.29) is 5.82 Å². The molecule has 0 radical (unpaired) electrons. The Morgan fingerprint density at radius 3 is 2.55 bits per heavy atom. The summed E-state index contributed by atoms with van der Waals surface area (Å²) in [7, 11) is 0. The van der Waals surface area contributed by atoms with E-state index in [1.807, 2.05) is 6.08 Å². The minimum atomic E-state index is 0.0661. The number of fused-ring (bicyclic) bond motifs is 2. The van der Waals surface area contributed by atoms with Crippen molar-refractivity contribution in [3.8, 4) is 0 Å². The molecule has 2 saturated carbocycles. The molecule has 5 atom stereocenters. The molecular formula is C28H41F. The molecule has 160 valence electrons. The number of hydrogen-bond donors (Lipinski definition) is 0. The zero-order chi connectivity index (χ0) is 20.2. The molecule has 0 aromatic heterocycles. The molecule has 0 nitrogen and oxygen atoms in total. The van der Waals surface area contributed by atoms with Crippen LogP contribution in [0.1, 0.15) is 94.2 Å². The van der Waals surface area contributed by atoms with Gasteiger partial charge in [0.15, 0.2) is 0 Å². The van der Waals surface area contributed by atoms with Crippen LogP contribution in [0, 0.1) is 35.4 Å². The van der Waals surface area contributed by atoms with Crippen molar-refractivity contribution in [1.82, 2.24) is 0 Å². The lowest BCUT2D eigenvalue weighted by Crippen LogP contribution is -2.35. The van der Waals surface area contributed by atoms with Gasteiger partial charge in [0.2, 0.25) is 0 Å². The van der Waals surface area contributed by atoms with Gasteiger partial charge >= 0.3 is 0 Å². The summed E-state index contributed by atoms with van der Waals surface area (Å²) >= 11 is 0. The van der Waals surface area contributed by atoms with Gasteiger partial charge in [-0.2, -0.15) is 0 Å². The molecule has 1 aromatic carbocycles. The average molecular weight is 397 g/mol. The van der Waals surface area contributed by atoms with Crippen molar-refractivity contribution in [3.05, 3.63) is 47.3 Å². The second-order valence-electron chi connectivity index (χ2n) is 10.5. The molecule has 0 bridgehead atoms. The van der Waals surface area contributed by atoms with Crippen LogP contribution in [0.5, 0.6) is 0 Å². The van der Waals surface area contributed by atoms with E-state index in [0.29, 0.717) is 0 Å². The van der Waals surface area contributed by atoms with Crippen LogP contribution in [-0.4, -0.2) is 0 Å². The van der Waals surface area contributed by atoms with Crippen LogP contribution in [0.4, 0.5) is 4.39 Å². The molecule has 1 aromatic rings. The number of allylic oxidation sites excluding steroid dienone is 1. The summed E-state index contributed by atoms with van der Waals surface area (Å²) in [6, 6.07) is 4.09. The van der Waals surface area contributed by atoms with E-state index >= 15 is 0 Å². The van der Waals surface area contributed by atoms with E-state index < -0.39 is 0 Å². The summed E-state index contributed by atoms with van der Waals surface area (Å²) < 4.78 is 14.9. The second-order valence-corrected chi connectivity index (χ2v) is 10.5. The Labute approximate surface area is 178 Å². The highest BCUT2D eigenvalue weighted by Gasteiger charge is 2.38. The Hall–Kier alpha value is -1.11. The Morgan fingerprint density at radius 1 is 1.00 bits per heavy atom. The van der Waals surface area contributed by atoms with Gasteiger partial charge in [-0.3, -0.25) is 0 Å². The fourth-order valence-corrected chi connectivity index (χ4v) is 6.93. The SMILES string of the molecule is C=CCCc1cc(F)c2c(c1)CCC(C1CCC3CC(CCCC)CCC3C1)C2. The van der Waals surface area contributed by atoms with Gasteiger partial charge in [0.25, 0.3) is 0 Å². The molecule has 2 fully saturated rings. The second kappa shape index (κ2) is 9.80. The topological polar surface area (TPSA) is 0 Å². The molecule has 1 heteroatoms. The third-order valence-electron chi connectivity index (χ3n) is 8.63. The van der Waals surface area contributed by atoms with E-state index in [4.69, 9.17) is 0 Å². The van der Waals surface area contributed by atoms with Gasteiger partial charge < -0.3 is 0 Å². The first-order valence-corrected chi connectivity index (χ1v) is 12.6. The highest BCUT2D eigenvalue weighted by atomic mass is 19.1. The lowest BCUT2D eigenvalue weighted by molar-refractivity contribution is 0.0688. The predicted octanol–water partition coefficient (Wildman–Crippen LogP) is 8.07. The summed E-state index contributed by atoms with van der Waals surface area (Å²) in [6.07, 6.45) is 20.1. The Kier molecular flexibility index (Phi) is 7.14. The standard InChI is InChI=1S/C28H41F/c1-3-5-7-20-9-10-23-18-24(12-11-22(23)15-20)25-13-14-26-16-21(8-6-4-2)17-28(29)27(26)19-25/h4,16-17,20,22-25H,2-3,5-15,18-19H2,1H3. The third kappa shape index (κ3) is 4.97. The zero-order valence-electron chi connectivity index (χ0n) is 18.6. The number of benzene rings is 1. The Morgan fingerprint density at radius 2 is 1.76 bits per heavy atom. The summed E-state index contributed by atoms with van der Waals surface area (Å²) in [5, 5.41) is 0. The van der Waals surface area contributed by atoms with Gasteiger partial charge in [-0.05, 0) is 117 Å². The molecule has 5 unspecified atom stereocenters. The molecule has 0 aliphatic heterocycles. The van der Waals surface area contributed by atoms with Crippen LogP contribution < -0.4 is 0 Å². The van der Waals surface area contributed by atoms with Crippen molar-refractivity contribution >= 4 is 0 Å². The van der Waals surface area contributed by atoms with Gasteiger partial charge in [0, 0.05) is 0 Å². The van der Waals surface area contributed by atoms with Crippen LogP contribution in [0.15, 0.2) is 24.8 Å². The van der Waals surface area contributed by atoms with Gasteiger partial charge in [-0.1, -0.05) is 44.7 Å². The van der Waals surface area contributed by atoms with E-state index in [1.165, 1.54) is 69.8 Å². The fourth-order valence-electron chi connectivity index (χ4n) is 6.93. The van der Waals surface area contributed by atoms with Crippen molar-refractivity contribution < 1.29 is 4.39 Å². The molecule has 0 saturated heterocycles. The van der Waals surface area contributed by atoms with Gasteiger partial charge in [0.1, 0.15) is 5.82 Å². The monoisotopic (exact) mass is 396 g/mol. The van der Waals surface area contributed by atoms with Gasteiger partial charge in [0.05, 0.1) is 0 Å². The Bertz CT molecular complexity index is 690. The first kappa shape index (κ1) is 21.1. The van der Waals surface area contributed by atoms with Crippen LogP contribution in [-0.2, 0) is 19.3 Å². The van der Waals surface area contributed by atoms with Crippen molar-refractivity contribution in [2.75, 3.05) is 0 Å². The van der Waals surface area contributed by atoms with Crippen LogP contribution in [0.2, 0.25) is 0 Å². The number of hydrogen-bond acceptors (Lipinski definition) is 0. The molecular weight excluding hydrogens is 355 g/mol. The highest BCUT2D eigenvalue weighted by Crippen LogP contribution is 2.49. The minimum absolute atomic E-state index is 0.0661. The third-order valence-corrected chi connectivity index (χ3v) is 8.63. The van der Waals surface area contributed by atoms with Crippen molar-refractivity contribution in [3.63, 3.8) is 0 Å². The molecule has 0 amide bonds. The van der Waals surface area contributed by atoms with Crippen molar-refractivity contribution in [1.29, 1.82) is 0 Å². The lowest BCUT2D eigenvalue weighted by atomic mass is 9.60. The number of halogens is 1. The maximum atomic E-state index is 14.9. The summed E-state index contributed by atoms with van der Waals surface area (Å²) in [4.78, 5) is 0. The Balaban J connectivity index is 1.35. The van der Waals surface area contributed by atoms with Crippen LogP contribution in [0.3, 0.4) is 0 Å². The maximum Gasteiger partial charge on any atom is 0.126 e. The van der Waals surface area contributed by atoms with Gasteiger partial charge in [-0.15, -0.1) is 6.58 Å². The molecule has 29 heavy (non-hydrogen) atoms. The quantitative estimate of drug-likeness (QED) is 0.409. The van der Waals surface area contributed by atoms with Crippen LogP contribution in [0.25, 0.3) is 0 Å². The van der Waals surface area contributed by atoms with Crippen molar-refractivity contribution in [2.45, 2.75) is 96.8 Å². The highest BCUT2D eigenvalue weighted by molar-refractivity contribution is 5.36. The summed E-state index contributed by atoms with van der Waals surface area (Å²) in [5.74, 6) is 4.61. The van der Waals surface area contributed by atoms with E-state index in [0.717, 1.165) is 66.4 Å². The molecule has 0 N–H and O–H groups in total. The maximum absolute atomic E-state index is 14.9. The molecule has 0 heterocycles. The molecule has 3 aliphatic rings. The van der Waals surface area contributed by atoms with Gasteiger partial charge in [-0.25, -0.2) is 4.39 Å². The van der Waals surface area contributed by atoms with Crippen molar-refractivity contribution in [2.24, 2.45) is 29.6 Å². The summed E-state index contributed by atoms with van der Waals surface area (Å²) in [6.45, 7) is 6.12. The van der Waals surface area contributed by atoms with E-state index in [2.05, 4.69) is 19.6 Å². The number of unbranched alkanes of at least 4 members (excludes halogenated alkanes) is 1. The molecule has 0 spiro atoms. The first-order valence-electron chi connectivity index (χ1n) is 12.6. The van der Waals surface area contributed by atoms with E-state index in [1.54, 1.807) is 6.07 Å². The molecule has 3 aliphatic carbocycles. The smallest absolute Gasteiger partial charge is 0.126 e. The number of rotatable bonds is 7. The normalized spacial score (nSPS) is 31.7. The predicted molar refractivity (Wildman–Crippen MR) is 122 cm³/mol. The van der Waals surface area contributed by atoms with E-state index in [9.17, 15) is 4.39 Å². The fraction of sp³-hybridized carbons (Fsp3) is 0.714.